The molecule has 124 valence electrons. The monoisotopic (exact) mass is 316 g/mol. The van der Waals surface area contributed by atoms with E-state index in [2.05, 4.69) is 20.3 Å². The van der Waals surface area contributed by atoms with E-state index in [1.807, 2.05) is 11.6 Å². The fourth-order valence-corrected chi connectivity index (χ4v) is 3.16. The molecule has 1 fully saturated rings. The number of carbonyl (C=O) groups is 1. The summed E-state index contributed by atoms with van der Waals surface area (Å²) in [5, 5.41) is 8.16. The molecule has 1 amide bonds. The van der Waals surface area contributed by atoms with Crippen LogP contribution in [0.15, 0.2) is 12.4 Å². The topological polar surface area (TPSA) is 79.7 Å². The Bertz CT molecular complexity index is 655. The maximum atomic E-state index is 12.4. The number of hydrogen-bond acceptors (Lipinski definition) is 4. The van der Waals surface area contributed by atoms with E-state index in [0.717, 1.165) is 18.1 Å². The van der Waals surface area contributed by atoms with Gasteiger partial charge in [-0.25, -0.2) is 4.98 Å². The smallest absolute Gasteiger partial charge is 0.276 e. The van der Waals surface area contributed by atoms with Crippen LogP contribution in [-0.2, 0) is 13.1 Å². The minimum absolute atomic E-state index is 0.131. The molecule has 2 heterocycles. The number of H-pyrrole nitrogens is 1. The van der Waals surface area contributed by atoms with Gasteiger partial charge in [0.15, 0.2) is 5.69 Å². The van der Waals surface area contributed by atoms with E-state index in [1.54, 1.807) is 24.3 Å². The molecule has 0 aliphatic heterocycles. The Hall–Kier alpha value is -2.18. The van der Waals surface area contributed by atoms with Crippen LogP contribution in [0.25, 0.3) is 0 Å². The molecule has 0 unspecified atom stereocenters. The normalized spacial score (nSPS) is 15.7. The van der Waals surface area contributed by atoms with Gasteiger partial charge in [0.2, 0.25) is 0 Å². The largest absolute Gasteiger partial charge is 0.345 e. The summed E-state index contributed by atoms with van der Waals surface area (Å²) >= 11 is 0. The van der Waals surface area contributed by atoms with E-state index in [-0.39, 0.29) is 5.91 Å². The van der Waals surface area contributed by atoms with Gasteiger partial charge in [0.1, 0.15) is 5.82 Å². The van der Waals surface area contributed by atoms with Crippen molar-refractivity contribution in [3.8, 4) is 0 Å². The third-order valence-corrected chi connectivity index (χ3v) is 4.42. The number of rotatable bonds is 5. The van der Waals surface area contributed by atoms with Crippen molar-refractivity contribution in [2.24, 2.45) is 5.92 Å². The standard InChI is InChI=1S/C16H24N6O/c1-12-8-17-15(18-12)11-21(2)16(23)14-10-22(20-19-14)9-13-6-4-3-5-7-13/h8,10,13H,3-7,9,11H2,1-2H3,(H,17,18). The quantitative estimate of drug-likeness (QED) is 0.916. The van der Waals surface area contributed by atoms with E-state index in [1.165, 1.54) is 32.1 Å². The van der Waals surface area contributed by atoms with Crippen molar-refractivity contribution in [3.05, 3.63) is 29.6 Å². The zero-order valence-electron chi connectivity index (χ0n) is 13.8. The van der Waals surface area contributed by atoms with Gasteiger partial charge in [0, 0.05) is 25.5 Å². The number of hydrogen-bond donors (Lipinski definition) is 1. The lowest BCUT2D eigenvalue weighted by Gasteiger charge is -2.20. The second kappa shape index (κ2) is 6.93. The number of aromatic amines is 1. The number of amides is 1. The third kappa shape index (κ3) is 3.97. The Kier molecular flexibility index (Phi) is 4.73. The van der Waals surface area contributed by atoms with Gasteiger partial charge in [0.05, 0.1) is 12.7 Å². The molecule has 0 bridgehead atoms. The number of aromatic nitrogens is 5. The Balaban J connectivity index is 1.58. The highest BCUT2D eigenvalue weighted by Gasteiger charge is 2.19. The summed E-state index contributed by atoms with van der Waals surface area (Å²) in [4.78, 5) is 21.4. The lowest BCUT2D eigenvalue weighted by Crippen LogP contribution is -2.27. The molecule has 0 radical (unpaired) electrons. The number of nitrogens with zero attached hydrogens (tertiary/aromatic N) is 5. The number of nitrogens with one attached hydrogen (secondary N) is 1. The van der Waals surface area contributed by atoms with Crippen LogP contribution < -0.4 is 0 Å². The highest BCUT2D eigenvalue weighted by atomic mass is 16.2. The third-order valence-electron chi connectivity index (χ3n) is 4.42. The lowest BCUT2D eigenvalue weighted by molar-refractivity contribution is 0.0776. The molecular formula is C16H24N6O. The molecule has 1 aliphatic rings. The molecule has 0 spiro atoms. The van der Waals surface area contributed by atoms with Crippen LogP contribution in [-0.4, -0.2) is 42.8 Å². The predicted molar refractivity (Wildman–Crippen MR) is 85.7 cm³/mol. The SMILES string of the molecule is Cc1cnc(CN(C)C(=O)c2cn(CC3CCCCC3)nn2)[nH]1. The Morgan fingerprint density at radius 3 is 2.87 bits per heavy atom. The highest BCUT2D eigenvalue weighted by molar-refractivity contribution is 5.91. The highest BCUT2D eigenvalue weighted by Crippen LogP contribution is 2.24. The summed E-state index contributed by atoms with van der Waals surface area (Å²) < 4.78 is 1.81. The van der Waals surface area contributed by atoms with E-state index in [4.69, 9.17) is 0 Å². The fraction of sp³-hybridized carbons (Fsp3) is 0.625. The minimum Gasteiger partial charge on any atom is -0.345 e. The molecule has 0 aromatic carbocycles. The van der Waals surface area contributed by atoms with Crippen molar-refractivity contribution in [1.82, 2.24) is 29.9 Å². The first-order chi connectivity index (χ1) is 11.1. The number of imidazole rings is 1. The Labute approximate surface area is 136 Å². The van der Waals surface area contributed by atoms with Crippen molar-refractivity contribution in [2.75, 3.05) is 7.05 Å². The molecule has 23 heavy (non-hydrogen) atoms. The van der Waals surface area contributed by atoms with Gasteiger partial charge >= 0.3 is 0 Å². The van der Waals surface area contributed by atoms with E-state index < -0.39 is 0 Å². The van der Waals surface area contributed by atoms with Crippen LogP contribution in [0, 0.1) is 12.8 Å². The van der Waals surface area contributed by atoms with Crippen LogP contribution in [0.2, 0.25) is 0 Å². The summed E-state index contributed by atoms with van der Waals surface area (Å²) in [5.41, 5.74) is 1.38. The minimum atomic E-state index is -0.131. The van der Waals surface area contributed by atoms with Gasteiger partial charge in [-0.05, 0) is 25.7 Å². The molecule has 1 aliphatic carbocycles. The first-order valence-electron chi connectivity index (χ1n) is 8.28. The molecule has 0 saturated heterocycles. The summed E-state index contributed by atoms with van der Waals surface area (Å²) in [5.74, 6) is 1.30. The summed E-state index contributed by atoms with van der Waals surface area (Å²) in [7, 11) is 1.75. The van der Waals surface area contributed by atoms with Gasteiger partial charge in [0.25, 0.3) is 5.91 Å². The van der Waals surface area contributed by atoms with E-state index in [9.17, 15) is 4.79 Å². The van der Waals surface area contributed by atoms with Crippen LogP contribution in [0.4, 0.5) is 0 Å². The molecule has 3 rings (SSSR count). The maximum absolute atomic E-state index is 12.4. The summed E-state index contributed by atoms with van der Waals surface area (Å²) in [6, 6.07) is 0. The zero-order valence-corrected chi connectivity index (χ0v) is 13.8. The van der Waals surface area contributed by atoms with Gasteiger partial charge in [-0.3, -0.25) is 9.48 Å². The second-order valence-corrected chi connectivity index (χ2v) is 6.50. The molecule has 0 atom stereocenters. The average Bonchev–Trinajstić information content (AvgIpc) is 3.17. The molecule has 7 heteroatoms. The molecule has 2 aromatic rings. The first kappa shape index (κ1) is 15.7. The van der Waals surface area contributed by atoms with Gasteiger partial charge < -0.3 is 9.88 Å². The Morgan fingerprint density at radius 2 is 2.17 bits per heavy atom. The summed E-state index contributed by atoms with van der Waals surface area (Å²) in [6.45, 7) is 3.23. The van der Waals surface area contributed by atoms with Crippen molar-refractivity contribution >= 4 is 5.91 Å². The Morgan fingerprint density at radius 1 is 1.39 bits per heavy atom. The van der Waals surface area contributed by atoms with Crippen molar-refractivity contribution < 1.29 is 4.79 Å². The molecule has 1 N–H and O–H groups in total. The molecule has 1 saturated carbocycles. The van der Waals surface area contributed by atoms with Crippen LogP contribution in [0.5, 0.6) is 0 Å². The van der Waals surface area contributed by atoms with E-state index >= 15 is 0 Å². The first-order valence-corrected chi connectivity index (χ1v) is 8.28. The predicted octanol–water partition coefficient (Wildman–Crippen LogP) is 2.16. The van der Waals surface area contributed by atoms with Crippen LogP contribution in [0.3, 0.4) is 0 Å². The zero-order chi connectivity index (χ0) is 16.2. The van der Waals surface area contributed by atoms with E-state index in [0.29, 0.717) is 18.2 Å². The molecule has 2 aromatic heterocycles. The summed E-state index contributed by atoms with van der Waals surface area (Å²) in [6.07, 6.45) is 9.97. The average molecular weight is 316 g/mol. The van der Waals surface area contributed by atoms with Crippen LogP contribution in [0.1, 0.15) is 54.1 Å². The van der Waals surface area contributed by atoms with Crippen LogP contribution >= 0.6 is 0 Å². The fourth-order valence-electron chi connectivity index (χ4n) is 3.16. The van der Waals surface area contributed by atoms with Gasteiger partial charge in [-0.2, -0.15) is 0 Å². The maximum Gasteiger partial charge on any atom is 0.276 e. The van der Waals surface area contributed by atoms with Crippen molar-refractivity contribution in [1.29, 1.82) is 0 Å². The number of aryl methyl sites for hydroxylation is 1. The van der Waals surface area contributed by atoms with Gasteiger partial charge in [-0.15, -0.1) is 5.10 Å². The molecule has 7 nitrogen and oxygen atoms in total. The van der Waals surface area contributed by atoms with Crippen molar-refractivity contribution in [3.63, 3.8) is 0 Å². The van der Waals surface area contributed by atoms with Gasteiger partial charge in [-0.1, -0.05) is 24.5 Å². The lowest BCUT2D eigenvalue weighted by atomic mass is 9.89. The molecular weight excluding hydrogens is 292 g/mol. The second-order valence-electron chi connectivity index (χ2n) is 6.50. The van der Waals surface area contributed by atoms with Crippen molar-refractivity contribution in [2.45, 2.75) is 52.1 Å². The number of carbonyl (C=O) groups excluding carboxylic acids is 1.